The van der Waals surface area contributed by atoms with Crippen molar-refractivity contribution in [2.45, 2.75) is 52.3 Å². The molecule has 196 valence electrons. The fourth-order valence-corrected chi connectivity index (χ4v) is 4.42. The summed E-state index contributed by atoms with van der Waals surface area (Å²) in [6, 6.07) is 11.7. The van der Waals surface area contributed by atoms with E-state index in [9.17, 15) is 14.0 Å². The first kappa shape index (κ1) is 27.6. The van der Waals surface area contributed by atoms with Gasteiger partial charge in [-0.25, -0.2) is 4.39 Å². The zero-order valence-corrected chi connectivity index (χ0v) is 21.9. The lowest BCUT2D eigenvalue weighted by Gasteiger charge is -2.36. The van der Waals surface area contributed by atoms with Crippen LogP contribution in [0.5, 0.6) is 5.75 Å². The molecule has 2 aromatic carbocycles. The molecule has 0 aliphatic carbocycles. The molecule has 1 aliphatic heterocycles. The van der Waals surface area contributed by atoms with E-state index in [0.717, 1.165) is 18.5 Å². The number of ether oxygens (including phenoxy) is 2. The summed E-state index contributed by atoms with van der Waals surface area (Å²) >= 11 is 0. The van der Waals surface area contributed by atoms with E-state index in [-0.39, 0.29) is 35.7 Å². The third-order valence-corrected chi connectivity index (χ3v) is 6.63. The number of halogens is 1. The Morgan fingerprint density at radius 2 is 1.89 bits per heavy atom. The number of nitrogens with one attached hydrogen (secondary N) is 1. The van der Waals surface area contributed by atoms with E-state index in [1.54, 1.807) is 49.4 Å². The molecule has 7 nitrogen and oxygen atoms in total. The Labute approximate surface area is 213 Å². The maximum atomic E-state index is 13.4. The van der Waals surface area contributed by atoms with Gasteiger partial charge in [0.2, 0.25) is 5.91 Å². The number of likely N-dealkylation sites (N-methyl/N-ethyl adjacent to an activating group) is 1. The lowest BCUT2D eigenvalue weighted by atomic mass is 10.0. The van der Waals surface area contributed by atoms with E-state index in [4.69, 9.17) is 9.47 Å². The predicted octanol–water partition coefficient (Wildman–Crippen LogP) is 4.57. The van der Waals surface area contributed by atoms with Crippen LogP contribution in [-0.2, 0) is 16.1 Å². The van der Waals surface area contributed by atoms with E-state index in [1.807, 2.05) is 6.92 Å². The molecule has 0 fully saturated rings. The molecular weight excluding hydrogens is 461 g/mol. The van der Waals surface area contributed by atoms with Gasteiger partial charge in [-0.05, 0) is 55.2 Å². The topological polar surface area (TPSA) is 71.1 Å². The van der Waals surface area contributed by atoms with Gasteiger partial charge in [0.1, 0.15) is 18.2 Å². The van der Waals surface area contributed by atoms with E-state index in [2.05, 4.69) is 24.1 Å². The Kier molecular flexibility index (Phi) is 9.84. The van der Waals surface area contributed by atoms with Gasteiger partial charge < -0.3 is 19.7 Å². The SMILES string of the molecule is CCCC(=O)Nc1ccc2c(c1)C(=O)N(C)C[C@H](OC)[C@@H](C)CN(Cc1ccc(F)cc1)[C@H](C)CO2. The van der Waals surface area contributed by atoms with Crippen LogP contribution in [0, 0.1) is 11.7 Å². The Morgan fingerprint density at radius 3 is 2.56 bits per heavy atom. The van der Waals surface area contributed by atoms with Crippen molar-refractivity contribution in [3.05, 3.63) is 59.4 Å². The molecule has 0 spiro atoms. The molecule has 0 bridgehead atoms. The van der Waals surface area contributed by atoms with Crippen LogP contribution in [0.25, 0.3) is 0 Å². The number of carbonyl (C=O) groups excluding carboxylic acids is 2. The fourth-order valence-electron chi connectivity index (χ4n) is 4.42. The Bertz CT molecular complexity index is 1030. The van der Waals surface area contributed by atoms with Gasteiger partial charge in [-0.3, -0.25) is 14.5 Å². The van der Waals surface area contributed by atoms with Crippen molar-refractivity contribution in [1.82, 2.24) is 9.80 Å². The Morgan fingerprint density at radius 1 is 1.17 bits per heavy atom. The van der Waals surface area contributed by atoms with Crippen LogP contribution in [0.2, 0.25) is 0 Å². The molecule has 2 amide bonds. The second-order valence-corrected chi connectivity index (χ2v) is 9.66. The van der Waals surface area contributed by atoms with Crippen LogP contribution in [0.3, 0.4) is 0 Å². The number of anilines is 1. The number of hydrogen-bond acceptors (Lipinski definition) is 5. The summed E-state index contributed by atoms with van der Waals surface area (Å²) in [5, 5.41) is 2.86. The van der Waals surface area contributed by atoms with Crippen LogP contribution in [0.1, 0.15) is 49.5 Å². The molecule has 1 aliphatic rings. The summed E-state index contributed by atoms with van der Waals surface area (Å²) in [6.07, 6.45) is 0.971. The van der Waals surface area contributed by atoms with Crippen molar-refractivity contribution in [3.63, 3.8) is 0 Å². The highest BCUT2D eigenvalue weighted by Gasteiger charge is 2.28. The number of nitrogens with zero attached hydrogens (tertiary/aromatic N) is 2. The monoisotopic (exact) mass is 499 g/mol. The summed E-state index contributed by atoms with van der Waals surface area (Å²) in [5.41, 5.74) is 1.97. The molecule has 0 saturated carbocycles. The maximum absolute atomic E-state index is 13.4. The normalized spacial score (nSPS) is 21.7. The van der Waals surface area contributed by atoms with Crippen molar-refractivity contribution in [1.29, 1.82) is 0 Å². The van der Waals surface area contributed by atoms with Crippen LogP contribution in [0.4, 0.5) is 10.1 Å². The average molecular weight is 500 g/mol. The first-order valence-electron chi connectivity index (χ1n) is 12.5. The van der Waals surface area contributed by atoms with Crippen molar-refractivity contribution >= 4 is 17.5 Å². The highest BCUT2D eigenvalue weighted by Crippen LogP contribution is 2.27. The lowest BCUT2D eigenvalue weighted by molar-refractivity contribution is -0.116. The maximum Gasteiger partial charge on any atom is 0.257 e. The standard InChI is InChI=1S/C28H38FN3O4/c1-6-7-27(33)30-23-12-13-25-24(14-23)28(34)31(4)17-26(35-5)19(2)15-32(20(3)18-36-25)16-21-8-10-22(29)11-9-21/h8-14,19-20,26H,6-7,15-18H2,1-5H3,(H,30,33)/t19-,20+,26-/m0/s1. The molecule has 0 radical (unpaired) electrons. The number of rotatable bonds is 6. The molecule has 0 saturated heterocycles. The second-order valence-electron chi connectivity index (χ2n) is 9.66. The minimum Gasteiger partial charge on any atom is -0.491 e. The summed E-state index contributed by atoms with van der Waals surface area (Å²) in [5.74, 6) is 0.0438. The molecule has 2 aromatic rings. The van der Waals surface area contributed by atoms with Crippen LogP contribution >= 0.6 is 0 Å². The summed E-state index contributed by atoms with van der Waals surface area (Å²) in [4.78, 5) is 29.5. The minimum atomic E-state index is -0.258. The molecule has 1 heterocycles. The van der Waals surface area contributed by atoms with Gasteiger partial charge in [0.15, 0.2) is 0 Å². The van der Waals surface area contributed by atoms with Gasteiger partial charge in [-0.1, -0.05) is 26.0 Å². The Balaban J connectivity index is 1.91. The Hall–Kier alpha value is -2.97. The quantitative estimate of drug-likeness (QED) is 0.631. The molecule has 36 heavy (non-hydrogen) atoms. The molecule has 3 atom stereocenters. The molecule has 8 heteroatoms. The molecule has 1 N–H and O–H groups in total. The predicted molar refractivity (Wildman–Crippen MR) is 139 cm³/mol. The number of hydrogen-bond donors (Lipinski definition) is 1. The summed E-state index contributed by atoms with van der Waals surface area (Å²) < 4.78 is 25.4. The third kappa shape index (κ3) is 7.27. The first-order chi connectivity index (χ1) is 17.2. The number of amides is 2. The van der Waals surface area contributed by atoms with Crippen molar-refractivity contribution in [2.24, 2.45) is 5.92 Å². The van der Waals surface area contributed by atoms with Gasteiger partial charge in [0.25, 0.3) is 5.91 Å². The summed E-state index contributed by atoms with van der Waals surface area (Å²) in [7, 11) is 3.41. The van der Waals surface area contributed by atoms with Crippen molar-refractivity contribution in [2.75, 3.05) is 39.2 Å². The highest BCUT2D eigenvalue weighted by molar-refractivity contribution is 5.99. The van der Waals surface area contributed by atoms with Gasteiger partial charge in [-0.15, -0.1) is 0 Å². The van der Waals surface area contributed by atoms with Gasteiger partial charge in [-0.2, -0.15) is 0 Å². The molecule has 3 rings (SSSR count). The average Bonchev–Trinajstić information content (AvgIpc) is 2.86. The van der Waals surface area contributed by atoms with E-state index >= 15 is 0 Å². The fraction of sp³-hybridized carbons (Fsp3) is 0.500. The van der Waals surface area contributed by atoms with Crippen molar-refractivity contribution in [3.8, 4) is 5.75 Å². The lowest BCUT2D eigenvalue weighted by Crippen LogP contribution is -2.46. The molecule has 0 unspecified atom stereocenters. The number of benzene rings is 2. The van der Waals surface area contributed by atoms with Crippen molar-refractivity contribution < 1.29 is 23.5 Å². The van der Waals surface area contributed by atoms with E-state index in [1.165, 1.54) is 12.1 Å². The number of fused-ring (bicyclic) bond motifs is 1. The van der Waals surface area contributed by atoms with Gasteiger partial charge in [0, 0.05) is 51.9 Å². The van der Waals surface area contributed by atoms with Crippen LogP contribution in [0.15, 0.2) is 42.5 Å². The largest absolute Gasteiger partial charge is 0.491 e. The van der Waals surface area contributed by atoms with Crippen LogP contribution < -0.4 is 10.1 Å². The van der Waals surface area contributed by atoms with Gasteiger partial charge >= 0.3 is 0 Å². The zero-order valence-electron chi connectivity index (χ0n) is 21.9. The van der Waals surface area contributed by atoms with Crippen LogP contribution in [-0.4, -0.2) is 67.6 Å². The number of carbonyl (C=O) groups is 2. The highest BCUT2D eigenvalue weighted by atomic mass is 19.1. The number of methoxy groups -OCH3 is 1. The molecular formula is C28H38FN3O4. The van der Waals surface area contributed by atoms with Gasteiger partial charge in [0.05, 0.1) is 11.7 Å². The summed E-state index contributed by atoms with van der Waals surface area (Å²) in [6.45, 7) is 8.25. The second kappa shape index (κ2) is 12.8. The van der Waals surface area contributed by atoms with E-state index < -0.39 is 0 Å². The minimum absolute atomic E-state index is 0.0130. The molecule has 0 aromatic heterocycles. The third-order valence-electron chi connectivity index (χ3n) is 6.63. The zero-order chi connectivity index (χ0) is 26.2. The van der Waals surface area contributed by atoms with E-state index in [0.29, 0.717) is 43.1 Å². The first-order valence-corrected chi connectivity index (χ1v) is 12.5. The smallest absolute Gasteiger partial charge is 0.257 e.